The van der Waals surface area contributed by atoms with Crippen LogP contribution in [-0.4, -0.2) is 50.0 Å². The second-order valence-electron chi connectivity index (χ2n) is 7.04. The number of carbonyl (C=O) groups is 1. The molecule has 0 aliphatic carbocycles. The van der Waals surface area contributed by atoms with Crippen LogP contribution in [0.5, 0.6) is 0 Å². The number of rotatable bonds is 4. The van der Waals surface area contributed by atoms with E-state index in [1.165, 1.54) is 29.9 Å². The number of piperidine rings is 1. The van der Waals surface area contributed by atoms with E-state index in [4.69, 9.17) is 0 Å². The topological polar surface area (TPSA) is 99.7 Å². The number of nitrogens with one attached hydrogen (secondary N) is 2. The number of anilines is 1. The second-order valence-corrected chi connectivity index (χ2v) is 8.07. The minimum absolute atomic E-state index is 0.0619. The quantitative estimate of drug-likeness (QED) is 0.523. The van der Waals surface area contributed by atoms with E-state index in [0.29, 0.717) is 21.1 Å². The molecule has 0 spiro atoms. The summed E-state index contributed by atoms with van der Waals surface area (Å²) in [7, 11) is 0. The van der Waals surface area contributed by atoms with Crippen LogP contribution in [0.4, 0.5) is 10.2 Å². The SMILES string of the molecule is O=C(NC1CCN(c2ncnc3nc[nH]c23)CC1)c1cnc(-c2ccccc2F)s1. The first-order valence-corrected chi connectivity index (χ1v) is 10.4. The molecule has 4 heterocycles. The lowest BCUT2D eigenvalue weighted by atomic mass is 10.0. The summed E-state index contributed by atoms with van der Waals surface area (Å²) in [5.74, 6) is 0.313. The van der Waals surface area contributed by atoms with Gasteiger partial charge in [0.25, 0.3) is 5.91 Å². The van der Waals surface area contributed by atoms with Crippen molar-refractivity contribution in [3.63, 3.8) is 0 Å². The van der Waals surface area contributed by atoms with Crippen molar-refractivity contribution in [1.82, 2.24) is 30.2 Å². The molecule has 2 N–H and O–H groups in total. The molecular weight excluding hydrogens is 405 g/mol. The van der Waals surface area contributed by atoms with Crippen LogP contribution < -0.4 is 10.2 Å². The largest absolute Gasteiger partial charge is 0.355 e. The van der Waals surface area contributed by atoms with Crippen LogP contribution in [0.2, 0.25) is 0 Å². The fourth-order valence-corrected chi connectivity index (χ4v) is 4.47. The summed E-state index contributed by atoms with van der Waals surface area (Å²) in [4.78, 5) is 35.3. The average molecular weight is 423 g/mol. The molecule has 1 amide bonds. The number of thiazole rings is 1. The van der Waals surface area contributed by atoms with E-state index in [9.17, 15) is 9.18 Å². The van der Waals surface area contributed by atoms with Crippen LogP contribution in [0.15, 0.2) is 43.1 Å². The first-order chi connectivity index (χ1) is 14.7. The minimum Gasteiger partial charge on any atom is -0.355 e. The first kappa shape index (κ1) is 18.6. The molecule has 0 unspecified atom stereocenters. The molecule has 152 valence electrons. The third kappa shape index (κ3) is 3.50. The Morgan fingerprint density at radius 1 is 1.17 bits per heavy atom. The number of halogens is 1. The van der Waals surface area contributed by atoms with Crippen molar-refractivity contribution in [3.8, 4) is 10.6 Å². The van der Waals surface area contributed by atoms with E-state index in [1.807, 2.05) is 0 Å². The highest BCUT2D eigenvalue weighted by Crippen LogP contribution is 2.28. The molecular formula is C20H18FN7OS. The maximum absolute atomic E-state index is 14.0. The maximum Gasteiger partial charge on any atom is 0.263 e. The van der Waals surface area contributed by atoms with Crippen LogP contribution >= 0.6 is 11.3 Å². The first-order valence-electron chi connectivity index (χ1n) is 9.59. The average Bonchev–Trinajstić information content (AvgIpc) is 3.44. The Kier molecular flexibility index (Phi) is 4.83. The van der Waals surface area contributed by atoms with Crippen molar-refractivity contribution in [2.75, 3.05) is 18.0 Å². The number of carbonyl (C=O) groups excluding carboxylic acids is 1. The summed E-state index contributed by atoms with van der Waals surface area (Å²) in [6.45, 7) is 1.53. The molecule has 1 aliphatic rings. The van der Waals surface area contributed by atoms with Gasteiger partial charge in [-0.3, -0.25) is 4.79 Å². The van der Waals surface area contributed by atoms with E-state index < -0.39 is 0 Å². The molecule has 1 aromatic carbocycles. The van der Waals surface area contributed by atoms with Gasteiger partial charge in [0.05, 0.1) is 12.5 Å². The monoisotopic (exact) mass is 423 g/mol. The zero-order valence-electron chi connectivity index (χ0n) is 15.9. The van der Waals surface area contributed by atoms with Gasteiger partial charge in [0, 0.05) is 24.7 Å². The van der Waals surface area contributed by atoms with Crippen molar-refractivity contribution in [2.45, 2.75) is 18.9 Å². The highest BCUT2D eigenvalue weighted by atomic mass is 32.1. The van der Waals surface area contributed by atoms with Crippen molar-refractivity contribution in [3.05, 3.63) is 53.8 Å². The standard InChI is InChI=1S/C20H18FN7OS/c21-14-4-2-1-3-13(14)20-22-9-15(30-20)19(29)27-12-5-7-28(8-6-12)18-16-17(24-10-23-16)25-11-26-18/h1-4,9-12H,5-8H2,(H,27,29)(H,23,24,25,26). The summed E-state index contributed by atoms with van der Waals surface area (Å²) in [6, 6.07) is 6.49. The van der Waals surface area contributed by atoms with Gasteiger partial charge in [0.15, 0.2) is 11.5 Å². The third-order valence-electron chi connectivity index (χ3n) is 5.17. The van der Waals surface area contributed by atoms with Gasteiger partial charge < -0.3 is 15.2 Å². The fourth-order valence-electron chi connectivity index (χ4n) is 3.62. The van der Waals surface area contributed by atoms with E-state index in [0.717, 1.165) is 37.3 Å². The molecule has 1 saturated heterocycles. The van der Waals surface area contributed by atoms with Gasteiger partial charge >= 0.3 is 0 Å². The van der Waals surface area contributed by atoms with E-state index >= 15 is 0 Å². The number of nitrogens with zero attached hydrogens (tertiary/aromatic N) is 5. The summed E-state index contributed by atoms with van der Waals surface area (Å²) in [5.41, 5.74) is 1.88. The molecule has 5 rings (SSSR count). The molecule has 0 atom stereocenters. The Hall–Kier alpha value is -3.40. The summed E-state index contributed by atoms with van der Waals surface area (Å²) in [6.07, 6.45) is 6.23. The molecule has 1 fully saturated rings. The number of fused-ring (bicyclic) bond motifs is 1. The number of aromatic amines is 1. The lowest BCUT2D eigenvalue weighted by Crippen LogP contribution is -2.44. The molecule has 10 heteroatoms. The number of benzene rings is 1. The normalized spacial score (nSPS) is 14.9. The van der Waals surface area contributed by atoms with Gasteiger partial charge in [-0.2, -0.15) is 0 Å². The Morgan fingerprint density at radius 2 is 2.00 bits per heavy atom. The molecule has 3 aromatic heterocycles. The van der Waals surface area contributed by atoms with Crippen molar-refractivity contribution < 1.29 is 9.18 Å². The zero-order chi connectivity index (χ0) is 20.5. The summed E-state index contributed by atoms with van der Waals surface area (Å²) in [5, 5.41) is 3.58. The van der Waals surface area contributed by atoms with Crippen molar-refractivity contribution >= 4 is 34.2 Å². The molecule has 1 aliphatic heterocycles. The van der Waals surface area contributed by atoms with Crippen molar-refractivity contribution in [1.29, 1.82) is 0 Å². The number of hydrogen-bond acceptors (Lipinski definition) is 7. The predicted molar refractivity (Wildman–Crippen MR) is 112 cm³/mol. The third-order valence-corrected chi connectivity index (χ3v) is 6.20. The molecule has 4 aromatic rings. The lowest BCUT2D eigenvalue weighted by molar-refractivity contribution is 0.0935. The van der Waals surface area contributed by atoms with Gasteiger partial charge in [0.2, 0.25) is 0 Å². The molecule has 0 radical (unpaired) electrons. The number of aromatic nitrogens is 5. The lowest BCUT2D eigenvalue weighted by Gasteiger charge is -2.33. The zero-order valence-corrected chi connectivity index (χ0v) is 16.7. The maximum atomic E-state index is 14.0. The van der Waals surface area contributed by atoms with Gasteiger partial charge in [-0.1, -0.05) is 12.1 Å². The van der Waals surface area contributed by atoms with Crippen LogP contribution in [0, 0.1) is 5.82 Å². The van der Waals surface area contributed by atoms with Gasteiger partial charge in [-0.15, -0.1) is 11.3 Å². The number of H-pyrrole nitrogens is 1. The van der Waals surface area contributed by atoms with Crippen LogP contribution in [0.25, 0.3) is 21.7 Å². The fraction of sp³-hybridized carbons (Fsp3) is 0.250. The van der Waals surface area contributed by atoms with Gasteiger partial charge in [-0.05, 0) is 25.0 Å². The van der Waals surface area contributed by atoms with E-state index in [1.54, 1.807) is 24.5 Å². The Bertz CT molecular complexity index is 1200. The number of amides is 1. The molecule has 0 bridgehead atoms. The number of hydrogen-bond donors (Lipinski definition) is 2. The molecule has 0 saturated carbocycles. The van der Waals surface area contributed by atoms with E-state index in [-0.39, 0.29) is 17.8 Å². The molecule has 8 nitrogen and oxygen atoms in total. The predicted octanol–water partition coefficient (Wildman–Crippen LogP) is 3.01. The number of imidazole rings is 1. The Balaban J connectivity index is 1.22. The Morgan fingerprint density at radius 3 is 2.83 bits per heavy atom. The minimum atomic E-state index is -0.345. The highest BCUT2D eigenvalue weighted by Gasteiger charge is 2.24. The second kappa shape index (κ2) is 7.79. The van der Waals surface area contributed by atoms with Crippen LogP contribution in [0.3, 0.4) is 0 Å². The molecule has 30 heavy (non-hydrogen) atoms. The highest BCUT2D eigenvalue weighted by molar-refractivity contribution is 7.16. The van der Waals surface area contributed by atoms with Crippen LogP contribution in [-0.2, 0) is 0 Å². The van der Waals surface area contributed by atoms with Crippen molar-refractivity contribution in [2.24, 2.45) is 0 Å². The van der Waals surface area contributed by atoms with Crippen LogP contribution in [0.1, 0.15) is 22.5 Å². The smallest absolute Gasteiger partial charge is 0.263 e. The van der Waals surface area contributed by atoms with Gasteiger partial charge in [0.1, 0.15) is 27.5 Å². The Labute approximate surface area is 175 Å². The van der Waals surface area contributed by atoms with Gasteiger partial charge in [-0.25, -0.2) is 24.3 Å². The van der Waals surface area contributed by atoms with E-state index in [2.05, 4.69) is 35.1 Å². The summed E-state index contributed by atoms with van der Waals surface area (Å²) < 4.78 is 14.0. The summed E-state index contributed by atoms with van der Waals surface area (Å²) >= 11 is 1.20.